The topological polar surface area (TPSA) is 114 Å². The fraction of sp³-hybridized carbons (Fsp3) is 0.409. The van der Waals surface area contributed by atoms with Gasteiger partial charge in [-0.1, -0.05) is 6.92 Å². The minimum absolute atomic E-state index is 0.269. The van der Waals surface area contributed by atoms with E-state index in [1.165, 1.54) is 11.9 Å². The number of aryl methyl sites for hydroxylation is 2. The smallest absolute Gasteiger partial charge is 0.145 e. The molecule has 4 heterocycles. The van der Waals surface area contributed by atoms with Crippen LogP contribution < -0.4 is 5.73 Å². The number of aromatic nitrogens is 5. The predicted octanol–water partition coefficient (Wildman–Crippen LogP) is 2.28. The van der Waals surface area contributed by atoms with Gasteiger partial charge in [0, 0.05) is 24.3 Å². The van der Waals surface area contributed by atoms with E-state index < -0.39 is 17.6 Å². The summed E-state index contributed by atoms with van der Waals surface area (Å²) in [6.07, 6.45) is 7.71. The number of aliphatic hydroxyl groups is 2. The zero-order chi connectivity index (χ0) is 21.0. The number of rotatable bonds is 4. The fourth-order valence-corrected chi connectivity index (χ4v) is 4.85. The van der Waals surface area contributed by atoms with Gasteiger partial charge in [-0.25, -0.2) is 15.0 Å². The number of nitrogens with zero attached hydrogens (tertiary/aromatic N) is 5. The summed E-state index contributed by atoms with van der Waals surface area (Å²) >= 11 is 0. The van der Waals surface area contributed by atoms with E-state index in [-0.39, 0.29) is 6.04 Å². The second-order valence-corrected chi connectivity index (χ2v) is 8.74. The molecule has 8 nitrogen and oxygen atoms in total. The maximum absolute atomic E-state index is 10.9. The molecular weight excluding hydrogens is 380 g/mol. The molecule has 1 unspecified atom stereocenters. The summed E-state index contributed by atoms with van der Waals surface area (Å²) in [4.78, 5) is 12.8. The maximum atomic E-state index is 10.9. The normalized spacial score (nSPS) is 26.7. The molecule has 156 valence electrons. The van der Waals surface area contributed by atoms with Gasteiger partial charge in [0.1, 0.15) is 29.5 Å². The highest BCUT2D eigenvalue weighted by Crippen LogP contribution is 2.48. The van der Waals surface area contributed by atoms with Gasteiger partial charge in [-0.3, -0.25) is 0 Å². The van der Waals surface area contributed by atoms with Crippen LogP contribution in [0.4, 0.5) is 5.82 Å². The lowest BCUT2D eigenvalue weighted by Gasteiger charge is -2.28. The molecule has 1 saturated carbocycles. The van der Waals surface area contributed by atoms with Gasteiger partial charge in [-0.15, -0.1) is 0 Å². The van der Waals surface area contributed by atoms with Crippen molar-refractivity contribution < 1.29 is 10.2 Å². The summed E-state index contributed by atoms with van der Waals surface area (Å²) in [5, 5.41) is 22.6. The van der Waals surface area contributed by atoms with Gasteiger partial charge in [0.05, 0.1) is 17.5 Å². The lowest BCUT2D eigenvalue weighted by Crippen LogP contribution is -2.35. The number of imidazole rings is 1. The standard InChI is InChI=1S/C22H26N6O2/c1-13-11-24-17-9-14(4-7-27(13)17)3-6-22(2)10-16(18(29)19(22)30)28-8-5-15-20(23)25-12-26-21(15)28/h4-5,7-9,11-12,16,18-19,29-30H,3,6,10H2,1-2H3,(H2,23,25,26)/t16-,18+,19+,22?/m1/s1. The van der Waals surface area contributed by atoms with Crippen LogP contribution in [0.3, 0.4) is 0 Å². The number of aliphatic hydroxyl groups excluding tert-OH is 2. The second kappa shape index (κ2) is 6.78. The molecule has 4 aromatic rings. The first-order valence-electron chi connectivity index (χ1n) is 10.2. The Kier molecular flexibility index (Phi) is 4.30. The molecule has 4 aromatic heterocycles. The Morgan fingerprint density at radius 3 is 2.87 bits per heavy atom. The molecular formula is C22H26N6O2. The number of pyridine rings is 1. The van der Waals surface area contributed by atoms with Gasteiger partial charge in [-0.05, 0) is 55.4 Å². The van der Waals surface area contributed by atoms with Gasteiger partial charge < -0.3 is 24.9 Å². The van der Waals surface area contributed by atoms with Gasteiger partial charge in [-0.2, -0.15) is 0 Å². The van der Waals surface area contributed by atoms with Crippen LogP contribution in [-0.4, -0.2) is 46.3 Å². The second-order valence-electron chi connectivity index (χ2n) is 8.74. The van der Waals surface area contributed by atoms with E-state index in [1.54, 1.807) is 0 Å². The Labute approximate surface area is 174 Å². The van der Waals surface area contributed by atoms with Gasteiger partial charge >= 0.3 is 0 Å². The van der Waals surface area contributed by atoms with Gasteiger partial charge in [0.25, 0.3) is 0 Å². The molecule has 4 atom stereocenters. The van der Waals surface area contributed by atoms with Crippen molar-refractivity contribution in [1.29, 1.82) is 0 Å². The van der Waals surface area contributed by atoms with Crippen LogP contribution >= 0.6 is 0 Å². The summed E-state index contributed by atoms with van der Waals surface area (Å²) < 4.78 is 3.98. The first kappa shape index (κ1) is 19.0. The zero-order valence-corrected chi connectivity index (χ0v) is 17.1. The number of anilines is 1. The van der Waals surface area contributed by atoms with Crippen molar-refractivity contribution in [2.45, 2.75) is 51.4 Å². The monoisotopic (exact) mass is 406 g/mol. The quantitative estimate of drug-likeness (QED) is 0.479. The van der Waals surface area contributed by atoms with Crippen LogP contribution in [0, 0.1) is 12.3 Å². The van der Waals surface area contributed by atoms with Crippen molar-refractivity contribution in [3.05, 3.63) is 54.4 Å². The molecule has 0 bridgehead atoms. The Bertz CT molecular complexity index is 1230. The summed E-state index contributed by atoms with van der Waals surface area (Å²) in [5.74, 6) is 0.416. The Hall–Kier alpha value is -2.97. The first-order chi connectivity index (χ1) is 14.4. The van der Waals surface area contributed by atoms with Crippen LogP contribution in [0.1, 0.15) is 37.1 Å². The van der Waals surface area contributed by atoms with Gasteiger partial charge in [0.2, 0.25) is 0 Å². The van der Waals surface area contributed by atoms with E-state index in [9.17, 15) is 10.2 Å². The van der Waals surface area contributed by atoms with Crippen LogP contribution in [0.25, 0.3) is 16.7 Å². The van der Waals surface area contributed by atoms with E-state index >= 15 is 0 Å². The van der Waals surface area contributed by atoms with E-state index in [1.807, 2.05) is 43.1 Å². The maximum Gasteiger partial charge on any atom is 0.145 e. The van der Waals surface area contributed by atoms with Crippen LogP contribution in [0.2, 0.25) is 0 Å². The summed E-state index contributed by atoms with van der Waals surface area (Å²) in [6.45, 7) is 4.08. The average Bonchev–Trinajstić information content (AvgIpc) is 3.39. The number of hydrogen-bond donors (Lipinski definition) is 3. The number of hydrogen-bond acceptors (Lipinski definition) is 6. The average molecular weight is 406 g/mol. The molecule has 30 heavy (non-hydrogen) atoms. The molecule has 0 radical (unpaired) electrons. The van der Waals surface area contributed by atoms with E-state index in [2.05, 4.69) is 31.5 Å². The Morgan fingerprint density at radius 1 is 1.20 bits per heavy atom. The molecule has 0 saturated heterocycles. The van der Waals surface area contributed by atoms with Crippen molar-refractivity contribution in [3.63, 3.8) is 0 Å². The van der Waals surface area contributed by atoms with Crippen molar-refractivity contribution in [3.8, 4) is 0 Å². The molecule has 4 N–H and O–H groups in total. The van der Waals surface area contributed by atoms with Crippen molar-refractivity contribution in [2.24, 2.45) is 5.41 Å². The Morgan fingerprint density at radius 2 is 2.03 bits per heavy atom. The third-order valence-electron chi connectivity index (χ3n) is 6.75. The van der Waals surface area contributed by atoms with Crippen LogP contribution in [0.15, 0.2) is 43.1 Å². The minimum Gasteiger partial charge on any atom is -0.390 e. The first-order valence-corrected chi connectivity index (χ1v) is 10.2. The van der Waals surface area contributed by atoms with E-state index in [0.717, 1.165) is 29.6 Å². The molecule has 0 amide bonds. The van der Waals surface area contributed by atoms with Crippen molar-refractivity contribution >= 4 is 22.5 Å². The van der Waals surface area contributed by atoms with Crippen LogP contribution in [0.5, 0.6) is 0 Å². The highest BCUT2D eigenvalue weighted by atomic mass is 16.3. The largest absolute Gasteiger partial charge is 0.390 e. The van der Waals surface area contributed by atoms with Crippen molar-refractivity contribution in [2.75, 3.05) is 5.73 Å². The van der Waals surface area contributed by atoms with Crippen molar-refractivity contribution in [1.82, 2.24) is 23.9 Å². The number of nitrogens with two attached hydrogens (primary N) is 1. The summed E-state index contributed by atoms with van der Waals surface area (Å²) in [5.41, 5.74) is 9.42. The minimum atomic E-state index is -0.876. The third-order valence-corrected chi connectivity index (χ3v) is 6.75. The SMILES string of the molecule is Cc1cnc2cc(CCC3(C)C[C@@H](n4ccc5c(N)ncnc54)[C@H](O)[C@@H]3O)ccn12. The highest BCUT2D eigenvalue weighted by molar-refractivity contribution is 5.86. The molecule has 1 aliphatic carbocycles. The molecule has 1 fully saturated rings. The molecule has 8 heteroatoms. The van der Waals surface area contributed by atoms with E-state index in [4.69, 9.17) is 5.73 Å². The van der Waals surface area contributed by atoms with Gasteiger partial charge in [0.15, 0.2) is 0 Å². The number of nitrogen functional groups attached to an aromatic ring is 1. The predicted molar refractivity (Wildman–Crippen MR) is 114 cm³/mol. The highest BCUT2D eigenvalue weighted by Gasteiger charge is 2.50. The molecule has 0 spiro atoms. The molecule has 1 aliphatic rings. The Balaban J connectivity index is 1.39. The zero-order valence-electron chi connectivity index (χ0n) is 17.1. The lowest BCUT2D eigenvalue weighted by molar-refractivity contribution is -0.0241. The summed E-state index contributed by atoms with van der Waals surface area (Å²) in [6, 6.07) is 5.78. The summed E-state index contributed by atoms with van der Waals surface area (Å²) in [7, 11) is 0. The molecule has 0 aliphatic heterocycles. The van der Waals surface area contributed by atoms with E-state index in [0.29, 0.717) is 17.9 Å². The fourth-order valence-electron chi connectivity index (χ4n) is 4.85. The molecule has 0 aromatic carbocycles. The molecule has 5 rings (SSSR count). The third kappa shape index (κ3) is 2.86. The number of fused-ring (bicyclic) bond motifs is 2. The van der Waals surface area contributed by atoms with Crippen LogP contribution in [-0.2, 0) is 6.42 Å². The lowest BCUT2D eigenvalue weighted by atomic mass is 9.80.